The van der Waals surface area contributed by atoms with Crippen molar-refractivity contribution in [2.75, 3.05) is 16.8 Å². The lowest BCUT2D eigenvalue weighted by Crippen LogP contribution is -2.49. The van der Waals surface area contributed by atoms with Crippen molar-refractivity contribution in [1.82, 2.24) is 0 Å². The van der Waals surface area contributed by atoms with E-state index in [4.69, 9.17) is 0 Å². The van der Waals surface area contributed by atoms with Crippen molar-refractivity contribution in [2.45, 2.75) is 19.0 Å². The summed E-state index contributed by atoms with van der Waals surface area (Å²) in [6, 6.07) is 18.2. The monoisotopic (exact) mass is 394 g/mol. The molecule has 29 heavy (non-hydrogen) atoms. The molecule has 0 aliphatic carbocycles. The van der Waals surface area contributed by atoms with Gasteiger partial charge < -0.3 is 15.3 Å². The van der Waals surface area contributed by atoms with Crippen molar-refractivity contribution >= 4 is 17.3 Å². The van der Waals surface area contributed by atoms with Crippen LogP contribution >= 0.6 is 0 Å². The Hall–Kier alpha value is -3.25. The van der Waals surface area contributed by atoms with E-state index in [1.54, 1.807) is 24.3 Å². The third kappa shape index (κ3) is 3.15. The number of hydrogen-bond acceptors (Lipinski definition) is 3. The summed E-state index contributed by atoms with van der Waals surface area (Å²) < 4.78 is 28.6. The summed E-state index contributed by atoms with van der Waals surface area (Å²) in [6.45, 7) is 1.60. The molecule has 1 aliphatic rings. The largest absolute Gasteiger partial charge is 0.393 e. The highest BCUT2D eigenvalue weighted by Gasteiger charge is 2.51. The normalized spacial score (nSPS) is 18.1. The van der Waals surface area contributed by atoms with Gasteiger partial charge in [0, 0.05) is 5.56 Å². The fourth-order valence-electron chi connectivity index (χ4n) is 3.70. The van der Waals surface area contributed by atoms with Crippen LogP contribution in [0.2, 0.25) is 0 Å². The zero-order valence-corrected chi connectivity index (χ0v) is 15.8. The molecule has 3 aromatic rings. The van der Waals surface area contributed by atoms with E-state index in [2.05, 4.69) is 5.32 Å². The predicted molar refractivity (Wildman–Crippen MR) is 108 cm³/mol. The fraction of sp³-hybridized carbons (Fsp3) is 0.174. The predicted octanol–water partition coefficient (Wildman–Crippen LogP) is 4.12. The molecule has 0 radical (unpaired) electrons. The van der Waals surface area contributed by atoms with Gasteiger partial charge in [-0.15, -0.1) is 0 Å². The molecule has 0 saturated heterocycles. The number of rotatable bonds is 5. The quantitative estimate of drug-likeness (QED) is 0.685. The number of hydrogen-bond donors (Lipinski definition) is 2. The summed E-state index contributed by atoms with van der Waals surface area (Å²) in [4.78, 5) is 15.0. The summed E-state index contributed by atoms with van der Waals surface area (Å²) in [7, 11) is 0. The van der Waals surface area contributed by atoms with Gasteiger partial charge in [0.1, 0.15) is 17.3 Å². The number of aryl methyl sites for hydroxylation is 1. The number of nitrogens with one attached hydrogen (secondary N) is 1. The van der Waals surface area contributed by atoms with Gasteiger partial charge in [-0.05, 0) is 30.7 Å². The Labute approximate surface area is 167 Å². The van der Waals surface area contributed by atoms with Crippen LogP contribution in [0.4, 0.5) is 20.2 Å². The topological polar surface area (TPSA) is 52.6 Å². The van der Waals surface area contributed by atoms with Crippen LogP contribution in [0.3, 0.4) is 0 Å². The number of carbonyl (C=O) groups is 1. The number of carbonyl (C=O) groups excluding carboxylic acids is 1. The van der Waals surface area contributed by atoms with Crippen LogP contribution in [0.1, 0.15) is 16.7 Å². The minimum Gasteiger partial charge on any atom is -0.393 e. The number of fused-ring (bicyclic) bond motifs is 1. The molecule has 0 saturated carbocycles. The summed E-state index contributed by atoms with van der Waals surface area (Å²) in [5, 5.41) is 12.9. The smallest absolute Gasteiger partial charge is 0.260 e. The molecule has 0 spiro atoms. The van der Waals surface area contributed by atoms with Gasteiger partial charge in [-0.2, -0.15) is 0 Å². The van der Waals surface area contributed by atoms with Crippen LogP contribution in [0.5, 0.6) is 0 Å². The van der Waals surface area contributed by atoms with Crippen LogP contribution in [-0.4, -0.2) is 17.6 Å². The Morgan fingerprint density at radius 1 is 0.966 bits per heavy atom. The molecule has 4 nitrogen and oxygen atoms in total. The molecule has 0 bridgehead atoms. The maximum Gasteiger partial charge on any atom is 0.260 e. The second-order valence-corrected chi connectivity index (χ2v) is 7.18. The van der Waals surface area contributed by atoms with Gasteiger partial charge in [0.25, 0.3) is 5.91 Å². The first-order chi connectivity index (χ1) is 14.0. The number of nitrogens with zero attached hydrogens (tertiary/aromatic N) is 1. The molecule has 2 N–H and O–H groups in total. The second-order valence-electron chi connectivity index (χ2n) is 7.18. The van der Waals surface area contributed by atoms with Crippen LogP contribution in [0, 0.1) is 18.6 Å². The van der Waals surface area contributed by atoms with E-state index < -0.39 is 35.4 Å². The molecule has 0 aromatic heterocycles. The van der Waals surface area contributed by atoms with Gasteiger partial charge in [-0.1, -0.05) is 54.1 Å². The molecule has 1 atom stereocenters. The first kappa shape index (κ1) is 19.1. The molecule has 1 amide bonds. The van der Waals surface area contributed by atoms with Crippen molar-refractivity contribution in [3.05, 3.63) is 95.1 Å². The highest BCUT2D eigenvalue weighted by molar-refractivity contribution is 6.09. The molecule has 1 unspecified atom stereocenters. The Bertz CT molecular complexity index is 1050. The summed E-state index contributed by atoms with van der Waals surface area (Å²) in [5.41, 5.74) is 0.957. The number of benzene rings is 3. The zero-order valence-electron chi connectivity index (χ0n) is 15.8. The van der Waals surface area contributed by atoms with E-state index in [0.717, 1.165) is 23.3 Å². The minimum atomic E-state index is -1.68. The van der Waals surface area contributed by atoms with E-state index in [1.807, 2.05) is 31.2 Å². The van der Waals surface area contributed by atoms with E-state index in [-0.39, 0.29) is 6.54 Å². The Balaban J connectivity index is 1.78. The van der Waals surface area contributed by atoms with Crippen molar-refractivity contribution in [2.24, 2.45) is 0 Å². The van der Waals surface area contributed by atoms with E-state index >= 15 is 0 Å². The lowest BCUT2D eigenvalue weighted by molar-refractivity contribution is -0.123. The lowest BCUT2D eigenvalue weighted by atomic mass is 9.91. The standard InChI is InChI=1S/C23H20F2N2O2/c1-15-9-11-16(12-10-15)13-27-20-8-3-2-5-17(20)23(14-28,22(27)29)26-21-18(24)6-4-7-19(21)25/h2-12,26,28H,13-14H2,1H3. The molecule has 3 aromatic carbocycles. The average molecular weight is 394 g/mol. The molecule has 4 rings (SSSR count). The van der Waals surface area contributed by atoms with Gasteiger partial charge in [0.15, 0.2) is 5.54 Å². The Morgan fingerprint density at radius 3 is 2.28 bits per heavy atom. The number of aliphatic hydroxyl groups is 1. The average Bonchev–Trinajstić information content (AvgIpc) is 2.95. The molecule has 6 heteroatoms. The van der Waals surface area contributed by atoms with Crippen molar-refractivity contribution < 1.29 is 18.7 Å². The van der Waals surface area contributed by atoms with E-state index in [0.29, 0.717) is 11.3 Å². The van der Waals surface area contributed by atoms with E-state index in [1.165, 1.54) is 11.0 Å². The maximum atomic E-state index is 14.3. The highest BCUT2D eigenvalue weighted by atomic mass is 19.1. The Kier molecular flexibility index (Phi) is 4.80. The van der Waals surface area contributed by atoms with Gasteiger partial charge in [0.2, 0.25) is 0 Å². The molecule has 0 fully saturated rings. The van der Waals surface area contributed by atoms with Gasteiger partial charge >= 0.3 is 0 Å². The number of aliphatic hydroxyl groups excluding tert-OH is 1. The van der Waals surface area contributed by atoms with E-state index in [9.17, 15) is 18.7 Å². The molecular weight excluding hydrogens is 374 g/mol. The van der Waals surface area contributed by atoms with Gasteiger partial charge in [-0.3, -0.25) is 4.79 Å². The minimum absolute atomic E-state index is 0.277. The van der Waals surface area contributed by atoms with Crippen LogP contribution < -0.4 is 10.2 Å². The number of para-hydroxylation sites is 2. The van der Waals surface area contributed by atoms with Crippen LogP contribution in [-0.2, 0) is 16.9 Å². The van der Waals surface area contributed by atoms with Crippen LogP contribution in [0.15, 0.2) is 66.7 Å². The van der Waals surface area contributed by atoms with Crippen LogP contribution in [0.25, 0.3) is 0 Å². The second kappa shape index (κ2) is 7.29. The first-order valence-electron chi connectivity index (χ1n) is 9.26. The van der Waals surface area contributed by atoms with Crippen molar-refractivity contribution in [3.8, 4) is 0 Å². The summed E-state index contributed by atoms with van der Waals surface area (Å²) in [6.07, 6.45) is 0. The molecular formula is C23H20F2N2O2. The number of amides is 1. The number of anilines is 2. The number of halogens is 2. The SMILES string of the molecule is Cc1ccc(CN2C(=O)C(CO)(Nc3c(F)cccc3F)c3ccccc32)cc1. The highest BCUT2D eigenvalue weighted by Crippen LogP contribution is 2.43. The molecule has 1 aliphatic heterocycles. The zero-order chi connectivity index (χ0) is 20.6. The molecule has 148 valence electrons. The molecule has 1 heterocycles. The third-order valence-electron chi connectivity index (χ3n) is 5.26. The van der Waals surface area contributed by atoms with Crippen molar-refractivity contribution in [3.63, 3.8) is 0 Å². The Morgan fingerprint density at radius 2 is 1.62 bits per heavy atom. The first-order valence-corrected chi connectivity index (χ1v) is 9.26. The third-order valence-corrected chi connectivity index (χ3v) is 5.26. The van der Waals surface area contributed by atoms with Crippen molar-refractivity contribution in [1.29, 1.82) is 0 Å². The van der Waals surface area contributed by atoms with Gasteiger partial charge in [0.05, 0.1) is 18.8 Å². The maximum absolute atomic E-state index is 14.3. The van der Waals surface area contributed by atoms with Gasteiger partial charge in [-0.25, -0.2) is 8.78 Å². The summed E-state index contributed by atoms with van der Waals surface area (Å²) in [5.74, 6) is -2.13. The fourth-order valence-corrected chi connectivity index (χ4v) is 3.70. The lowest BCUT2D eigenvalue weighted by Gasteiger charge is -2.29. The summed E-state index contributed by atoms with van der Waals surface area (Å²) >= 11 is 0.